The van der Waals surface area contributed by atoms with Gasteiger partial charge in [-0.3, -0.25) is 0 Å². The molecule has 1 aromatic carbocycles. The van der Waals surface area contributed by atoms with Crippen LogP contribution in [0.5, 0.6) is 0 Å². The number of aryl methyl sites for hydroxylation is 1. The van der Waals surface area contributed by atoms with E-state index in [2.05, 4.69) is 0 Å². The van der Waals surface area contributed by atoms with Crippen LogP contribution in [0.3, 0.4) is 0 Å². The van der Waals surface area contributed by atoms with Crippen LogP contribution in [-0.2, 0) is 0 Å². The number of nitrogens with two attached hydrogens (primary N) is 1. The minimum atomic E-state index is -0.830. The number of aliphatic hydroxyl groups is 1. The molecule has 0 spiro atoms. The number of rotatable bonds is 2. The molecule has 1 rings (SSSR count). The molecule has 0 aliphatic carbocycles. The molecule has 0 radical (unpaired) electrons. The summed E-state index contributed by atoms with van der Waals surface area (Å²) < 4.78 is 13.4. The average Bonchev–Trinajstić information content (AvgIpc) is 2.12. The van der Waals surface area contributed by atoms with Crippen molar-refractivity contribution in [3.63, 3.8) is 0 Å². The second kappa shape index (κ2) is 4.26. The zero-order valence-corrected chi connectivity index (χ0v) is 8.85. The molecule has 3 N–H and O–H groups in total. The molecular weight excluding hydrogens is 205 g/mol. The Morgan fingerprint density at radius 2 is 2.07 bits per heavy atom. The fourth-order valence-corrected chi connectivity index (χ4v) is 1.50. The Kier molecular flexibility index (Phi) is 3.48. The molecule has 0 aliphatic heterocycles. The van der Waals surface area contributed by atoms with Gasteiger partial charge in [0.25, 0.3) is 0 Å². The molecular formula is C10H13ClFNO. The highest BCUT2D eigenvalue weighted by molar-refractivity contribution is 6.32. The van der Waals surface area contributed by atoms with Crippen LogP contribution in [-0.4, -0.2) is 11.2 Å². The highest BCUT2D eigenvalue weighted by atomic mass is 35.5. The van der Waals surface area contributed by atoms with E-state index in [-0.39, 0.29) is 5.56 Å². The van der Waals surface area contributed by atoms with E-state index in [0.29, 0.717) is 5.02 Å². The van der Waals surface area contributed by atoms with Crippen molar-refractivity contribution < 1.29 is 9.50 Å². The Morgan fingerprint density at radius 3 is 2.57 bits per heavy atom. The SMILES string of the molecule is Cc1ccc(F)c([C@H](N)[C@@H](C)O)c1Cl. The number of hydrogen-bond donors (Lipinski definition) is 2. The van der Waals surface area contributed by atoms with E-state index in [9.17, 15) is 9.50 Å². The van der Waals surface area contributed by atoms with Crippen molar-refractivity contribution in [1.29, 1.82) is 0 Å². The molecule has 0 bridgehead atoms. The summed E-state index contributed by atoms with van der Waals surface area (Å²) in [5.74, 6) is -0.478. The number of aliphatic hydroxyl groups excluding tert-OH is 1. The molecule has 78 valence electrons. The van der Waals surface area contributed by atoms with Gasteiger partial charge in [-0.05, 0) is 25.5 Å². The second-order valence-electron chi connectivity index (χ2n) is 3.36. The van der Waals surface area contributed by atoms with Crippen molar-refractivity contribution in [1.82, 2.24) is 0 Å². The summed E-state index contributed by atoms with van der Waals surface area (Å²) in [7, 11) is 0. The molecule has 2 atom stereocenters. The van der Waals surface area contributed by atoms with Gasteiger partial charge in [0.15, 0.2) is 0 Å². The summed E-state index contributed by atoms with van der Waals surface area (Å²) in [6.07, 6.45) is -0.830. The first-order valence-electron chi connectivity index (χ1n) is 4.33. The third-order valence-corrected chi connectivity index (χ3v) is 2.67. The first-order chi connectivity index (χ1) is 6.45. The Balaban J connectivity index is 3.25. The van der Waals surface area contributed by atoms with Crippen LogP contribution >= 0.6 is 11.6 Å². The van der Waals surface area contributed by atoms with Gasteiger partial charge in [0.2, 0.25) is 0 Å². The summed E-state index contributed by atoms with van der Waals surface area (Å²) in [5, 5.41) is 9.55. The van der Waals surface area contributed by atoms with Gasteiger partial charge < -0.3 is 10.8 Å². The average molecular weight is 218 g/mol. The van der Waals surface area contributed by atoms with Crippen molar-refractivity contribution >= 4 is 11.6 Å². The summed E-state index contributed by atoms with van der Waals surface area (Å²) in [4.78, 5) is 0. The van der Waals surface area contributed by atoms with Crippen LogP contribution in [0.4, 0.5) is 4.39 Å². The quantitative estimate of drug-likeness (QED) is 0.798. The van der Waals surface area contributed by atoms with Gasteiger partial charge in [0.05, 0.1) is 17.2 Å². The zero-order chi connectivity index (χ0) is 10.9. The summed E-state index contributed by atoms with van der Waals surface area (Å²) in [5.41, 5.74) is 6.57. The molecule has 0 aromatic heterocycles. The van der Waals surface area contributed by atoms with Gasteiger partial charge in [-0.1, -0.05) is 17.7 Å². The van der Waals surface area contributed by atoms with Gasteiger partial charge in [0, 0.05) is 5.56 Å². The van der Waals surface area contributed by atoms with Crippen molar-refractivity contribution in [2.75, 3.05) is 0 Å². The normalized spacial score (nSPS) is 15.3. The molecule has 0 saturated carbocycles. The lowest BCUT2D eigenvalue weighted by Crippen LogP contribution is -2.24. The van der Waals surface area contributed by atoms with E-state index in [1.54, 1.807) is 13.0 Å². The van der Waals surface area contributed by atoms with Gasteiger partial charge in [-0.25, -0.2) is 4.39 Å². The van der Waals surface area contributed by atoms with E-state index in [0.717, 1.165) is 5.56 Å². The van der Waals surface area contributed by atoms with Crippen LogP contribution in [0, 0.1) is 12.7 Å². The fraction of sp³-hybridized carbons (Fsp3) is 0.400. The molecule has 4 heteroatoms. The third kappa shape index (κ3) is 2.05. The monoisotopic (exact) mass is 217 g/mol. The van der Waals surface area contributed by atoms with E-state index in [1.807, 2.05) is 0 Å². The fourth-order valence-electron chi connectivity index (χ4n) is 1.23. The van der Waals surface area contributed by atoms with Crippen molar-refractivity contribution in [3.05, 3.63) is 34.1 Å². The summed E-state index contributed by atoms with van der Waals surface area (Å²) in [6, 6.07) is 2.09. The van der Waals surface area contributed by atoms with Gasteiger partial charge in [0.1, 0.15) is 5.82 Å². The minimum absolute atomic E-state index is 0.182. The highest BCUT2D eigenvalue weighted by Crippen LogP contribution is 2.29. The Hall–Kier alpha value is -0.640. The van der Waals surface area contributed by atoms with Crippen molar-refractivity contribution in [3.8, 4) is 0 Å². The molecule has 0 heterocycles. The van der Waals surface area contributed by atoms with Gasteiger partial charge >= 0.3 is 0 Å². The maximum absolute atomic E-state index is 13.4. The number of benzene rings is 1. The topological polar surface area (TPSA) is 46.2 Å². The van der Waals surface area contributed by atoms with Gasteiger partial charge in [-0.2, -0.15) is 0 Å². The first kappa shape index (κ1) is 11.4. The maximum Gasteiger partial charge on any atom is 0.129 e. The molecule has 0 aliphatic rings. The highest BCUT2D eigenvalue weighted by Gasteiger charge is 2.20. The van der Waals surface area contributed by atoms with Crippen LogP contribution in [0.1, 0.15) is 24.1 Å². The van der Waals surface area contributed by atoms with E-state index in [4.69, 9.17) is 17.3 Å². The maximum atomic E-state index is 13.4. The zero-order valence-electron chi connectivity index (χ0n) is 8.09. The largest absolute Gasteiger partial charge is 0.391 e. The molecule has 14 heavy (non-hydrogen) atoms. The van der Waals surface area contributed by atoms with Crippen molar-refractivity contribution in [2.45, 2.75) is 26.0 Å². The molecule has 0 saturated heterocycles. The smallest absolute Gasteiger partial charge is 0.129 e. The minimum Gasteiger partial charge on any atom is -0.391 e. The van der Waals surface area contributed by atoms with Crippen LogP contribution in [0.2, 0.25) is 5.02 Å². The molecule has 1 aromatic rings. The van der Waals surface area contributed by atoms with Gasteiger partial charge in [-0.15, -0.1) is 0 Å². The van der Waals surface area contributed by atoms with Crippen LogP contribution < -0.4 is 5.73 Å². The Morgan fingerprint density at radius 1 is 1.50 bits per heavy atom. The Labute approximate surface area is 87.5 Å². The predicted molar refractivity (Wildman–Crippen MR) is 54.8 cm³/mol. The molecule has 0 amide bonds. The molecule has 2 nitrogen and oxygen atoms in total. The van der Waals surface area contributed by atoms with Crippen molar-refractivity contribution in [2.24, 2.45) is 5.73 Å². The van der Waals surface area contributed by atoms with E-state index < -0.39 is 18.0 Å². The predicted octanol–water partition coefficient (Wildman–Crippen LogP) is 2.17. The summed E-state index contributed by atoms with van der Waals surface area (Å²) in [6.45, 7) is 3.27. The number of halogens is 2. The molecule has 0 fully saturated rings. The standard InChI is InChI=1S/C10H13ClFNO/c1-5-3-4-7(12)8(9(5)11)10(13)6(2)14/h3-4,6,10,14H,13H2,1-2H3/t6-,10-/m1/s1. The lowest BCUT2D eigenvalue weighted by molar-refractivity contribution is 0.162. The molecule has 0 unspecified atom stereocenters. The number of hydrogen-bond acceptors (Lipinski definition) is 2. The van der Waals surface area contributed by atoms with E-state index >= 15 is 0 Å². The second-order valence-corrected chi connectivity index (χ2v) is 3.74. The Bertz CT molecular complexity index is 341. The third-order valence-electron chi connectivity index (χ3n) is 2.17. The summed E-state index contributed by atoms with van der Waals surface area (Å²) >= 11 is 5.91. The lowest BCUT2D eigenvalue weighted by atomic mass is 10.0. The first-order valence-corrected chi connectivity index (χ1v) is 4.71. The van der Waals surface area contributed by atoms with Crippen LogP contribution in [0.25, 0.3) is 0 Å². The van der Waals surface area contributed by atoms with E-state index in [1.165, 1.54) is 13.0 Å². The lowest BCUT2D eigenvalue weighted by Gasteiger charge is -2.18. The van der Waals surface area contributed by atoms with Crippen LogP contribution in [0.15, 0.2) is 12.1 Å².